The van der Waals surface area contributed by atoms with Crippen LogP contribution < -0.4 is 0 Å². The van der Waals surface area contributed by atoms with Gasteiger partial charge in [0.2, 0.25) is 0 Å². The van der Waals surface area contributed by atoms with Crippen molar-refractivity contribution in [1.29, 1.82) is 0 Å². The topological polar surface area (TPSA) is 21.8 Å². The summed E-state index contributed by atoms with van der Waals surface area (Å²) in [6, 6.07) is 10.1. The highest BCUT2D eigenvalue weighted by Gasteiger charge is 2.34. The summed E-state index contributed by atoms with van der Waals surface area (Å²) in [4.78, 5) is 0. The standard InChI is InChI=1S/C11H12O2/c1-2-12-11(10-8-13-10)9-6-4-3-5-7-9/h2-7,10-11H,1,8H2. The van der Waals surface area contributed by atoms with Gasteiger partial charge in [-0.1, -0.05) is 36.9 Å². The normalized spacial score (nSPS) is 22.0. The lowest BCUT2D eigenvalue weighted by Crippen LogP contribution is -2.07. The SMILES string of the molecule is C=COC(c1ccccc1)C1CO1. The van der Waals surface area contributed by atoms with Crippen LogP contribution in [0.4, 0.5) is 0 Å². The molecule has 0 amide bonds. The molecule has 2 heteroatoms. The molecule has 2 rings (SSSR count). The molecule has 1 aliphatic heterocycles. The molecular formula is C11H12O2. The Morgan fingerprint density at radius 1 is 1.46 bits per heavy atom. The van der Waals surface area contributed by atoms with Crippen molar-refractivity contribution in [2.24, 2.45) is 0 Å². The first-order chi connectivity index (χ1) is 6.42. The molecule has 0 spiro atoms. The number of ether oxygens (including phenoxy) is 2. The minimum Gasteiger partial charge on any atom is -0.491 e. The summed E-state index contributed by atoms with van der Waals surface area (Å²) in [6.45, 7) is 4.34. The molecule has 68 valence electrons. The number of epoxide rings is 1. The third-order valence-corrected chi connectivity index (χ3v) is 2.07. The summed E-state index contributed by atoms with van der Waals surface area (Å²) in [6.07, 6.45) is 1.69. The van der Waals surface area contributed by atoms with Crippen LogP contribution >= 0.6 is 0 Å². The summed E-state index contributed by atoms with van der Waals surface area (Å²) >= 11 is 0. The van der Waals surface area contributed by atoms with Gasteiger partial charge in [0.25, 0.3) is 0 Å². The van der Waals surface area contributed by atoms with Crippen LogP contribution in [0.25, 0.3) is 0 Å². The molecule has 0 N–H and O–H groups in total. The van der Waals surface area contributed by atoms with Gasteiger partial charge in [0.15, 0.2) is 6.10 Å². The Bertz CT molecular complexity index is 277. The lowest BCUT2D eigenvalue weighted by molar-refractivity contribution is 0.113. The molecule has 13 heavy (non-hydrogen) atoms. The quantitative estimate of drug-likeness (QED) is 0.518. The molecule has 1 aromatic carbocycles. The van der Waals surface area contributed by atoms with Crippen LogP contribution in [0.1, 0.15) is 11.7 Å². The fourth-order valence-corrected chi connectivity index (χ4v) is 1.36. The molecule has 0 aromatic heterocycles. The second-order valence-corrected chi connectivity index (χ2v) is 3.01. The van der Waals surface area contributed by atoms with Crippen molar-refractivity contribution in [3.05, 3.63) is 48.7 Å². The molecule has 2 nitrogen and oxygen atoms in total. The van der Waals surface area contributed by atoms with Gasteiger partial charge in [-0.15, -0.1) is 0 Å². The van der Waals surface area contributed by atoms with Gasteiger partial charge in [0.05, 0.1) is 12.9 Å². The molecular weight excluding hydrogens is 164 g/mol. The van der Waals surface area contributed by atoms with E-state index in [1.165, 1.54) is 6.26 Å². The fraction of sp³-hybridized carbons (Fsp3) is 0.273. The first kappa shape index (κ1) is 8.32. The minimum atomic E-state index is 0.0127. The Morgan fingerprint density at radius 2 is 2.15 bits per heavy atom. The summed E-state index contributed by atoms with van der Waals surface area (Å²) in [5.41, 5.74) is 1.14. The monoisotopic (exact) mass is 176 g/mol. The lowest BCUT2D eigenvalue weighted by Gasteiger charge is -2.13. The van der Waals surface area contributed by atoms with Crippen molar-refractivity contribution in [2.45, 2.75) is 12.2 Å². The van der Waals surface area contributed by atoms with Crippen LogP contribution in [0.3, 0.4) is 0 Å². The fourth-order valence-electron chi connectivity index (χ4n) is 1.36. The Hall–Kier alpha value is -1.28. The number of benzene rings is 1. The minimum absolute atomic E-state index is 0.0127. The largest absolute Gasteiger partial charge is 0.491 e. The van der Waals surface area contributed by atoms with Gasteiger partial charge >= 0.3 is 0 Å². The number of rotatable bonds is 4. The van der Waals surface area contributed by atoms with Crippen LogP contribution in [0.15, 0.2) is 43.2 Å². The van der Waals surface area contributed by atoms with Crippen LogP contribution in [-0.4, -0.2) is 12.7 Å². The summed E-state index contributed by atoms with van der Waals surface area (Å²) < 4.78 is 10.6. The molecule has 0 saturated carbocycles. The highest BCUT2D eigenvalue weighted by Crippen LogP contribution is 2.30. The molecule has 1 aliphatic rings. The predicted molar refractivity (Wildman–Crippen MR) is 50.2 cm³/mol. The maximum Gasteiger partial charge on any atom is 0.151 e. The lowest BCUT2D eigenvalue weighted by atomic mass is 10.1. The second kappa shape index (κ2) is 3.62. The van der Waals surface area contributed by atoms with Gasteiger partial charge in [-0.3, -0.25) is 0 Å². The highest BCUT2D eigenvalue weighted by atomic mass is 16.6. The maximum absolute atomic E-state index is 5.39. The van der Waals surface area contributed by atoms with E-state index < -0.39 is 0 Å². The molecule has 0 radical (unpaired) electrons. The van der Waals surface area contributed by atoms with E-state index in [1.54, 1.807) is 0 Å². The van der Waals surface area contributed by atoms with E-state index in [0.717, 1.165) is 12.2 Å². The van der Waals surface area contributed by atoms with Crippen molar-refractivity contribution in [3.8, 4) is 0 Å². The van der Waals surface area contributed by atoms with Crippen LogP contribution in [0, 0.1) is 0 Å². The van der Waals surface area contributed by atoms with Crippen LogP contribution in [0.2, 0.25) is 0 Å². The van der Waals surface area contributed by atoms with E-state index in [1.807, 2.05) is 30.3 Å². The molecule has 1 fully saturated rings. The Kier molecular flexibility index (Phi) is 2.32. The zero-order valence-electron chi connectivity index (χ0n) is 7.35. The van der Waals surface area contributed by atoms with Crippen molar-refractivity contribution in [3.63, 3.8) is 0 Å². The van der Waals surface area contributed by atoms with Gasteiger partial charge in [-0.25, -0.2) is 0 Å². The van der Waals surface area contributed by atoms with Crippen molar-refractivity contribution >= 4 is 0 Å². The molecule has 0 bridgehead atoms. The van der Waals surface area contributed by atoms with Gasteiger partial charge in [0.1, 0.15) is 6.10 Å². The zero-order chi connectivity index (χ0) is 9.10. The van der Waals surface area contributed by atoms with Gasteiger partial charge in [-0.2, -0.15) is 0 Å². The molecule has 0 aliphatic carbocycles. The summed E-state index contributed by atoms with van der Waals surface area (Å²) in [7, 11) is 0. The number of hydrogen-bond donors (Lipinski definition) is 0. The third-order valence-electron chi connectivity index (χ3n) is 2.07. The van der Waals surface area contributed by atoms with E-state index in [9.17, 15) is 0 Å². The Labute approximate surface area is 77.8 Å². The van der Waals surface area contributed by atoms with E-state index >= 15 is 0 Å². The molecule has 1 aromatic rings. The smallest absolute Gasteiger partial charge is 0.151 e. The van der Waals surface area contributed by atoms with E-state index in [4.69, 9.17) is 9.47 Å². The van der Waals surface area contributed by atoms with Crippen LogP contribution in [0.5, 0.6) is 0 Å². The summed E-state index contributed by atoms with van der Waals surface area (Å²) in [5.74, 6) is 0. The van der Waals surface area contributed by atoms with Crippen molar-refractivity contribution in [2.75, 3.05) is 6.61 Å². The first-order valence-corrected chi connectivity index (χ1v) is 4.34. The van der Waals surface area contributed by atoms with Gasteiger partial charge in [-0.05, 0) is 5.56 Å². The summed E-state index contributed by atoms with van der Waals surface area (Å²) in [5, 5.41) is 0. The molecule has 1 saturated heterocycles. The molecule has 2 unspecified atom stereocenters. The predicted octanol–water partition coefficient (Wildman–Crippen LogP) is 2.29. The van der Waals surface area contributed by atoms with E-state index in [-0.39, 0.29) is 12.2 Å². The maximum atomic E-state index is 5.39. The average Bonchev–Trinajstić information content (AvgIpc) is 2.99. The third kappa shape index (κ3) is 1.90. The number of hydrogen-bond acceptors (Lipinski definition) is 2. The van der Waals surface area contributed by atoms with Gasteiger partial charge in [0, 0.05) is 0 Å². The molecule has 1 heterocycles. The molecule has 2 atom stereocenters. The average molecular weight is 176 g/mol. The zero-order valence-corrected chi connectivity index (χ0v) is 7.35. The first-order valence-electron chi connectivity index (χ1n) is 4.34. The van der Waals surface area contributed by atoms with E-state index in [0.29, 0.717) is 0 Å². The van der Waals surface area contributed by atoms with E-state index in [2.05, 4.69) is 6.58 Å². The van der Waals surface area contributed by atoms with Crippen molar-refractivity contribution < 1.29 is 9.47 Å². The second-order valence-electron chi connectivity index (χ2n) is 3.01. The van der Waals surface area contributed by atoms with Crippen LogP contribution in [-0.2, 0) is 9.47 Å². The Balaban J connectivity index is 2.14. The van der Waals surface area contributed by atoms with Crippen molar-refractivity contribution in [1.82, 2.24) is 0 Å². The highest BCUT2D eigenvalue weighted by molar-refractivity contribution is 5.20. The Morgan fingerprint density at radius 3 is 2.69 bits per heavy atom. The van der Waals surface area contributed by atoms with Gasteiger partial charge < -0.3 is 9.47 Å².